The minimum atomic E-state index is 0.0136. The lowest BCUT2D eigenvalue weighted by Gasteiger charge is -2.25. The Labute approximate surface area is 177 Å². The minimum Gasteiger partial charge on any atom is -0.333 e. The lowest BCUT2D eigenvalue weighted by Crippen LogP contribution is -2.36. The fraction of sp³-hybridized carbons (Fsp3) is 0.320. The van der Waals surface area contributed by atoms with Crippen molar-refractivity contribution in [3.8, 4) is 6.07 Å². The third-order valence-electron chi connectivity index (χ3n) is 5.50. The van der Waals surface area contributed by atoms with E-state index in [0.29, 0.717) is 24.6 Å². The maximum Gasteiger partial charge on any atom is 0.254 e. The van der Waals surface area contributed by atoms with Crippen LogP contribution in [0.4, 0.5) is 0 Å². The summed E-state index contributed by atoms with van der Waals surface area (Å²) in [5.74, 6) is 0.489. The van der Waals surface area contributed by atoms with Gasteiger partial charge in [0.05, 0.1) is 22.7 Å². The summed E-state index contributed by atoms with van der Waals surface area (Å²) in [6.45, 7) is 1.85. The van der Waals surface area contributed by atoms with Gasteiger partial charge in [-0.25, -0.2) is 0 Å². The van der Waals surface area contributed by atoms with Crippen molar-refractivity contribution in [2.24, 2.45) is 0 Å². The summed E-state index contributed by atoms with van der Waals surface area (Å²) in [6, 6.07) is 19.6. The van der Waals surface area contributed by atoms with E-state index in [0.717, 1.165) is 47.1 Å². The van der Waals surface area contributed by atoms with Crippen LogP contribution in [0.2, 0.25) is 0 Å². The summed E-state index contributed by atoms with van der Waals surface area (Å²) in [4.78, 5) is 22.5. The molecule has 1 saturated carbocycles. The van der Waals surface area contributed by atoms with E-state index >= 15 is 0 Å². The number of carbonyl (C=O) groups is 1. The Morgan fingerprint density at radius 2 is 1.90 bits per heavy atom. The van der Waals surface area contributed by atoms with Gasteiger partial charge in [-0.1, -0.05) is 30.3 Å². The molecule has 152 valence electrons. The van der Waals surface area contributed by atoms with Gasteiger partial charge in [0.15, 0.2) is 0 Å². The molecule has 5 nitrogen and oxygen atoms in total. The van der Waals surface area contributed by atoms with E-state index in [-0.39, 0.29) is 5.91 Å². The van der Waals surface area contributed by atoms with Crippen LogP contribution in [0, 0.1) is 11.3 Å². The third kappa shape index (κ3) is 4.50. The molecular weight excluding hydrogens is 372 g/mol. The quantitative estimate of drug-likeness (QED) is 0.599. The van der Waals surface area contributed by atoms with Crippen LogP contribution in [0.3, 0.4) is 0 Å². The Morgan fingerprint density at radius 1 is 1.10 bits per heavy atom. The average Bonchev–Trinajstić information content (AvgIpc) is 3.61. The first-order chi connectivity index (χ1) is 14.5. The van der Waals surface area contributed by atoms with Gasteiger partial charge in [-0.05, 0) is 56.8 Å². The number of carbonyl (C=O) groups excluding carboxylic acids is 1. The Morgan fingerprint density at radius 3 is 2.63 bits per heavy atom. The van der Waals surface area contributed by atoms with E-state index in [1.165, 1.54) is 0 Å². The van der Waals surface area contributed by atoms with Gasteiger partial charge in [0.25, 0.3) is 5.91 Å². The molecule has 4 rings (SSSR count). The fourth-order valence-corrected chi connectivity index (χ4v) is 3.66. The van der Waals surface area contributed by atoms with Crippen LogP contribution in [0.15, 0.2) is 54.6 Å². The molecule has 0 aliphatic heterocycles. The van der Waals surface area contributed by atoms with Crippen LogP contribution in [0.25, 0.3) is 10.9 Å². The number of benzene rings is 2. The van der Waals surface area contributed by atoms with Crippen LogP contribution in [0.1, 0.15) is 45.9 Å². The van der Waals surface area contributed by atoms with Crippen molar-refractivity contribution in [2.45, 2.75) is 25.3 Å². The zero-order valence-electron chi connectivity index (χ0n) is 17.5. The molecule has 0 atom stereocenters. The summed E-state index contributed by atoms with van der Waals surface area (Å²) in [7, 11) is 4.01. The molecule has 1 aliphatic rings. The number of nitriles is 1. The molecule has 5 heteroatoms. The second-order valence-electron chi connectivity index (χ2n) is 8.23. The molecule has 0 unspecified atom stereocenters. The zero-order chi connectivity index (χ0) is 21.1. The van der Waals surface area contributed by atoms with Crippen molar-refractivity contribution in [2.75, 3.05) is 27.2 Å². The molecule has 3 aromatic rings. The smallest absolute Gasteiger partial charge is 0.254 e. The van der Waals surface area contributed by atoms with E-state index < -0.39 is 0 Å². The molecule has 1 fully saturated rings. The van der Waals surface area contributed by atoms with Gasteiger partial charge in [-0.2, -0.15) is 5.26 Å². The summed E-state index contributed by atoms with van der Waals surface area (Å²) in [5.41, 5.74) is 4.19. The summed E-state index contributed by atoms with van der Waals surface area (Å²) in [6.07, 6.45) is 2.29. The number of fused-ring (bicyclic) bond motifs is 1. The van der Waals surface area contributed by atoms with Gasteiger partial charge in [-0.15, -0.1) is 0 Å². The predicted octanol–water partition coefficient (Wildman–Crippen LogP) is 4.19. The highest BCUT2D eigenvalue weighted by Gasteiger charge is 2.28. The standard InChI is InChI=1S/C25H26N4O/c1-28(2)12-13-29(17-19-7-5-6-18(14-19)16-26)25(30)22-15-24(20-10-11-20)27-23-9-4-3-8-21(22)23/h3-9,14-15,20H,10-13,17H2,1-2H3. The van der Waals surface area contributed by atoms with Gasteiger partial charge in [0.1, 0.15) is 0 Å². The minimum absolute atomic E-state index is 0.0136. The first-order valence-corrected chi connectivity index (χ1v) is 10.4. The molecule has 1 aromatic heterocycles. The van der Waals surface area contributed by atoms with Crippen molar-refractivity contribution in [3.63, 3.8) is 0 Å². The van der Waals surface area contributed by atoms with Crippen molar-refractivity contribution in [1.29, 1.82) is 5.26 Å². The van der Waals surface area contributed by atoms with Crippen molar-refractivity contribution in [3.05, 3.63) is 77.0 Å². The number of para-hydroxylation sites is 1. The lowest BCUT2D eigenvalue weighted by molar-refractivity contribution is 0.0734. The highest BCUT2D eigenvalue weighted by molar-refractivity contribution is 6.06. The van der Waals surface area contributed by atoms with Crippen LogP contribution in [-0.4, -0.2) is 47.9 Å². The monoisotopic (exact) mass is 398 g/mol. The maximum absolute atomic E-state index is 13.7. The summed E-state index contributed by atoms with van der Waals surface area (Å²) < 4.78 is 0. The maximum atomic E-state index is 13.7. The first kappa shape index (κ1) is 20.1. The number of aromatic nitrogens is 1. The van der Waals surface area contributed by atoms with E-state index in [4.69, 9.17) is 4.98 Å². The van der Waals surface area contributed by atoms with Gasteiger partial charge in [0.2, 0.25) is 0 Å². The van der Waals surface area contributed by atoms with Crippen molar-refractivity contribution in [1.82, 2.24) is 14.8 Å². The van der Waals surface area contributed by atoms with Crippen LogP contribution < -0.4 is 0 Å². The number of pyridine rings is 1. The molecule has 0 N–H and O–H groups in total. The molecule has 0 spiro atoms. The van der Waals surface area contributed by atoms with E-state index in [9.17, 15) is 10.1 Å². The van der Waals surface area contributed by atoms with E-state index in [1.807, 2.05) is 67.5 Å². The zero-order valence-corrected chi connectivity index (χ0v) is 17.5. The van der Waals surface area contributed by atoms with E-state index in [1.54, 1.807) is 6.07 Å². The second-order valence-corrected chi connectivity index (χ2v) is 8.23. The fourth-order valence-electron chi connectivity index (χ4n) is 3.66. The first-order valence-electron chi connectivity index (χ1n) is 10.4. The largest absolute Gasteiger partial charge is 0.333 e. The molecule has 2 aromatic carbocycles. The SMILES string of the molecule is CN(C)CCN(Cc1cccc(C#N)c1)C(=O)c1cc(C2CC2)nc2ccccc12. The van der Waals surface area contributed by atoms with Crippen molar-refractivity contribution < 1.29 is 4.79 Å². The van der Waals surface area contributed by atoms with Gasteiger partial charge in [0, 0.05) is 36.6 Å². The molecule has 1 heterocycles. The van der Waals surface area contributed by atoms with Gasteiger partial charge >= 0.3 is 0 Å². The number of nitrogens with zero attached hydrogens (tertiary/aromatic N) is 4. The normalized spacial score (nSPS) is 13.4. The van der Waals surface area contributed by atoms with Crippen LogP contribution in [-0.2, 0) is 6.54 Å². The van der Waals surface area contributed by atoms with Crippen molar-refractivity contribution >= 4 is 16.8 Å². The molecule has 1 aliphatic carbocycles. The van der Waals surface area contributed by atoms with Crippen LogP contribution in [0.5, 0.6) is 0 Å². The summed E-state index contributed by atoms with van der Waals surface area (Å²) in [5, 5.41) is 10.1. The molecular formula is C25H26N4O. The Kier molecular flexibility index (Phi) is 5.78. The highest BCUT2D eigenvalue weighted by atomic mass is 16.2. The molecule has 0 saturated heterocycles. The average molecular weight is 399 g/mol. The Balaban J connectivity index is 1.71. The predicted molar refractivity (Wildman–Crippen MR) is 118 cm³/mol. The Hall–Kier alpha value is -3.23. The Bertz CT molecular complexity index is 1110. The highest BCUT2D eigenvalue weighted by Crippen LogP contribution is 2.40. The molecule has 1 amide bonds. The number of rotatable bonds is 7. The summed E-state index contributed by atoms with van der Waals surface area (Å²) >= 11 is 0. The third-order valence-corrected chi connectivity index (χ3v) is 5.50. The van der Waals surface area contributed by atoms with Gasteiger partial charge < -0.3 is 9.80 Å². The molecule has 30 heavy (non-hydrogen) atoms. The van der Waals surface area contributed by atoms with E-state index in [2.05, 4.69) is 11.0 Å². The number of hydrogen-bond acceptors (Lipinski definition) is 4. The van der Waals surface area contributed by atoms with Crippen LogP contribution >= 0.6 is 0 Å². The molecule has 0 radical (unpaired) electrons. The topological polar surface area (TPSA) is 60.2 Å². The van der Waals surface area contributed by atoms with Gasteiger partial charge in [-0.3, -0.25) is 9.78 Å². The molecule has 0 bridgehead atoms. The number of amides is 1. The number of hydrogen-bond donors (Lipinski definition) is 0. The second kappa shape index (κ2) is 8.64. The lowest BCUT2D eigenvalue weighted by atomic mass is 10.0. The number of likely N-dealkylation sites (N-methyl/N-ethyl adjacent to an activating group) is 1.